The van der Waals surface area contributed by atoms with Gasteiger partial charge in [0.1, 0.15) is 0 Å². The highest BCUT2D eigenvalue weighted by Gasteiger charge is 2.47. The molecule has 0 radical (unpaired) electrons. The second kappa shape index (κ2) is 7.42. The van der Waals surface area contributed by atoms with Crippen LogP contribution in [0.4, 0.5) is 5.69 Å². The number of allylic oxidation sites excluding steroid dienone is 2. The number of aromatic nitrogens is 1. The number of pyridine rings is 1. The van der Waals surface area contributed by atoms with Gasteiger partial charge in [0.05, 0.1) is 34.3 Å². The molecule has 0 spiro atoms. The number of anilines is 1. The van der Waals surface area contributed by atoms with Gasteiger partial charge in [0.15, 0.2) is 0 Å². The summed E-state index contributed by atoms with van der Waals surface area (Å²) in [5.74, 6) is -1.91. The Bertz CT molecular complexity index is 1260. The Morgan fingerprint density at radius 3 is 2.23 bits per heavy atom. The lowest BCUT2D eigenvalue weighted by Gasteiger charge is -2.15. The standard InChI is InChI=1S/C24H17BrN2O4/c25-14-7-10-20-18(11-14)19(24(30)31)12-21(26-20)13-5-8-15(9-6-13)27-22(28)16-3-1-2-4-17(16)23(27)29/h1-2,5-12,16-17H,3-4H2,(H,30,31). The van der Waals surface area contributed by atoms with Crippen LogP contribution < -0.4 is 4.90 Å². The first-order valence-electron chi connectivity index (χ1n) is 9.91. The molecule has 3 aromatic rings. The van der Waals surface area contributed by atoms with Crippen molar-refractivity contribution in [1.82, 2.24) is 4.98 Å². The molecule has 1 aliphatic heterocycles. The molecule has 31 heavy (non-hydrogen) atoms. The van der Waals surface area contributed by atoms with E-state index < -0.39 is 5.97 Å². The van der Waals surface area contributed by atoms with Gasteiger partial charge in [-0.2, -0.15) is 0 Å². The summed E-state index contributed by atoms with van der Waals surface area (Å²) in [5.41, 5.74) is 2.47. The van der Waals surface area contributed by atoms with Crippen molar-refractivity contribution in [2.75, 3.05) is 4.90 Å². The van der Waals surface area contributed by atoms with Crippen LogP contribution in [0.5, 0.6) is 0 Å². The van der Waals surface area contributed by atoms with Crippen LogP contribution in [-0.4, -0.2) is 27.9 Å². The Morgan fingerprint density at radius 1 is 0.968 bits per heavy atom. The molecule has 2 aromatic carbocycles. The minimum Gasteiger partial charge on any atom is -0.478 e. The second-order valence-corrected chi connectivity index (χ2v) is 8.65. The molecule has 0 saturated carbocycles. The van der Waals surface area contributed by atoms with Crippen molar-refractivity contribution in [3.8, 4) is 11.3 Å². The number of carboxylic acid groups (broad SMARTS) is 1. The second-order valence-electron chi connectivity index (χ2n) is 7.74. The lowest BCUT2D eigenvalue weighted by molar-refractivity contribution is -0.122. The monoisotopic (exact) mass is 476 g/mol. The van der Waals surface area contributed by atoms with Crippen LogP contribution in [-0.2, 0) is 9.59 Å². The lowest BCUT2D eigenvalue weighted by atomic mass is 9.85. The number of halogens is 1. The van der Waals surface area contributed by atoms with Gasteiger partial charge in [-0.05, 0) is 49.2 Å². The molecule has 1 aromatic heterocycles. The van der Waals surface area contributed by atoms with Gasteiger partial charge in [0.25, 0.3) is 0 Å². The number of carboxylic acids is 1. The third-order valence-corrected chi connectivity index (χ3v) is 6.42. The molecule has 5 rings (SSSR count). The third kappa shape index (κ3) is 3.25. The number of carbonyl (C=O) groups excluding carboxylic acids is 2. The molecule has 2 atom stereocenters. The Morgan fingerprint density at radius 2 is 1.61 bits per heavy atom. The highest BCUT2D eigenvalue weighted by molar-refractivity contribution is 9.10. The third-order valence-electron chi connectivity index (χ3n) is 5.93. The van der Waals surface area contributed by atoms with Gasteiger partial charge in [-0.1, -0.05) is 40.2 Å². The molecular weight excluding hydrogens is 460 g/mol. The molecule has 2 unspecified atom stereocenters. The van der Waals surface area contributed by atoms with Crippen molar-refractivity contribution < 1.29 is 19.5 Å². The summed E-state index contributed by atoms with van der Waals surface area (Å²) in [5, 5.41) is 10.2. The minimum atomic E-state index is -1.03. The Hall–Kier alpha value is -3.32. The molecule has 2 heterocycles. The summed E-state index contributed by atoms with van der Waals surface area (Å²) >= 11 is 3.37. The van der Waals surface area contributed by atoms with Gasteiger partial charge < -0.3 is 5.11 Å². The number of aromatic carboxylic acids is 1. The van der Waals surface area contributed by atoms with Gasteiger partial charge in [-0.25, -0.2) is 9.78 Å². The summed E-state index contributed by atoms with van der Waals surface area (Å²) in [6.45, 7) is 0. The summed E-state index contributed by atoms with van der Waals surface area (Å²) in [6.07, 6.45) is 5.11. The van der Waals surface area contributed by atoms with Gasteiger partial charge in [-0.3, -0.25) is 14.5 Å². The largest absolute Gasteiger partial charge is 0.478 e. The zero-order valence-electron chi connectivity index (χ0n) is 16.3. The van der Waals surface area contributed by atoms with E-state index in [0.29, 0.717) is 40.7 Å². The molecule has 1 aliphatic carbocycles. The highest BCUT2D eigenvalue weighted by atomic mass is 79.9. The van der Waals surface area contributed by atoms with E-state index in [0.717, 1.165) is 4.47 Å². The van der Waals surface area contributed by atoms with Gasteiger partial charge >= 0.3 is 5.97 Å². The normalized spacial score (nSPS) is 20.4. The van der Waals surface area contributed by atoms with Crippen LogP contribution in [0.2, 0.25) is 0 Å². The zero-order chi connectivity index (χ0) is 21.7. The van der Waals surface area contributed by atoms with E-state index in [9.17, 15) is 19.5 Å². The van der Waals surface area contributed by atoms with Crippen LogP contribution in [0.1, 0.15) is 23.2 Å². The Balaban J connectivity index is 1.52. The van der Waals surface area contributed by atoms with E-state index in [1.807, 2.05) is 18.2 Å². The number of hydrogen-bond acceptors (Lipinski definition) is 4. The van der Waals surface area contributed by atoms with Gasteiger partial charge in [0.2, 0.25) is 11.8 Å². The lowest BCUT2D eigenvalue weighted by Crippen LogP contribution is -2.30. The van der Waals surface area contributed by atoms with E-state index in [-0.39, 0.29) is 29.2 Å². The van der Waals surface area contributed by atoms with Crippen LogP contribution >= 0.6 is 15.9 Å². The highest BCUT2D eigenvalue weighted by Crippen LogP contribution is 2.38. The minimum absolute atomic E-state index is 0.158. The summed E-state index contributed by atoms with van der Waals surface area (Å²) < 4.78 is 0.775. The van der Waals surface area contributed by atoms with Crippen molar-refractivity contribution in [3.63, 3.8) is 0 Å². The summed E-state index contributed by atoms with van der Waals surface area (Å²) in [4.78, 5) is 43.3. The molecule has 0 bridgehead atoms. The van der Waals surface area contributed by atoms with Crippen molar-refractivity contribution in [2.45, 2.75) is 12.8 Å². The van der Waals surface area contributed by atoms with Gasteiger partial charge in [0, 0.05) is 15.4 Å². The van der Waals surface area contributed by atoms with Crippen LogP contribution in [0, 0.1) is 11.8 Å². The first-order chi connectivity index (χ1) is 14.9. The van der Waals surface area contributed by atoms with Crippen molar-refractivity contribution in [3.05, 3.63) is 70.7 Å². The number of carbonyl (C=O) groups is 3. The Kier molecular flexibility index (Phi) is 4.70. The topological polar surface area (TPSA) is 87.6 Å². The van der Waals surface area contributed by atoms with Crippen molar-refractivity contribution >= 4 is 50.3 Å². The van der Waals surface area contributed by atoms with E-state index in [2.05, 4.69) is 20.9 Å². The molecule has 2 amide bonds. The fraction of sp³-hybridized carbons (Fsp3) is 0.167. The van der Waals surface area contributed by atoms with Crippen molar-refractivity contribution in [1.29, 1.82) is 0 Å². The maximum absolute atomic E-state index is 12.8. The number of fused-ring (bicyclic) bond motifs is 2. The maximum Gasteiger partial charge on any atom is 0.336 e. The molecule has 7 heteroatoms. The first-order valence-corrected chi connectivity index (χ1v) is 10.7. The number of imide groups is 1. The Labute approximate surface area is 186 Å². The van der Waals surface area contributed by atoms with Gasteiger partial charge in [-0.15, -0.1) is 0 Å². The predicted octanol–water partition coefficient (Wildman–Crippen LogP) is 4.82. The molecule has 1 N–H and O–H groups in total. The van der Waals surface area contributed by atoms with E-state index in [1.54, 1.807) is 42.5 Å². The number of rotatable bonds is 3. The number of nitrogens with zero attached hydrogens (tertiary/aromatic N) is 2. The number of benzene rings is 2. The molecule has 154 valence electrons. The first kappa shape index (κ1) is 19.6. The smallest absolute Gasteiger partial charge is 0.336 e. The summed E-state index contributed by atoms with van der Waals surface area (Å²) in [7, 11) is 0. The van der Waals surface area contributed by atoms with Crippen LogP contribution in [0.15, 0.2) is 65.2 Å². The molecule has 6 nitrogen and oxygen atoms in total. The fourth-order valence-electron chi connectivity index (χ4n) is 4.36. The van der Waals surface area contributed by atoms with E-state index >= 15 is 0 Å². The fourth-order valence-corrected chi connectivity index (χ4v) is 4.72. The SMILES string of the molecule is O=C(O)c1cc(-c2ccc(N3C(=O)C4CC=CCC4C3=O)cc2)nc2ccc(Br)cc12. The van der Waals surface area contributed by atoms with Crippen LogP contribution in [0.25, 0.3) is 22.2 Å². The summed E-state index contributed by atoms with van der Waals surface area (Å²) in [6, 6.07) is 13.8. The zero-order valence-corrected chi connectivity index (χ0v) is 17.9. The molecule has 2 aliphatic rings. The molecule has 1 saturated heterocycles. The van der Waals surface area contributed by atoms with Crippen LogP contribution in [0.3, 0.4) is 0 Å². The number of amides is 2. The molecular formula is C24H17BrN2O4. The average Bonchev–Trinajstić information content (AvgIpc) is 3.03. The number of hydrogen-bond donors (Lipinski definition) is 1. The quantitative estimate of drug-likeness (QED) is 0.432. The van der Waals surface area contributed by atoms with Crippen molar-refractivity contribution in [2.24, 2.45) is 11.8 Å². The maximum atomic E-state index is 12.8. The van der Waals surface area contributed by atoms with E-state index in [4.69, 9.17) is 0 Å². The predicted molar refractivity (Wildman–Crippen MR) is 120 cm³/mol. The molecule has 1 fully saturated rings. The average molecular weight is 477 g/mol. The van der Waals surface area contributed by atoms with E-state index in [1.165, 1.54) is 4.90 Å².